The zero-order valence-electron chi connectivity index (χ0n) is 19.6. The number of benzene rings is 2. The highest BCUT2D eigenvalue weighted by molar-refractivity contribution is 5.79. The van der Waals surface area contributed by atoms with Crippen molar-refractivity contribution in [2.75, 3.05) is 18.0 Å². The van der Waals surface area contributed by atoms with E-state index in [4.69, 9.17) is 10.7 Å². The van der Waals surface area contributed by atoms with Crippen LogP contribution in [0.1, 0.15) is 55.1 Å². The van der Waals surface area contributed by atoms with Gasteiger partial charge in [0.15, 0.2) is 5.65 Å². The lowest BCUT2D eigenvalue weighted by molar-refractivity contribution is 0.187. The number of H-pyrrole nitrogens is 2. The van der Waals surface area contributed by atoms with Crippen LogP contribution >= 0.6 is 0 Å². The van der Waals surface area contributed by atoms with E-state index in [-0.39, 0.29) is 17.0 Å². The largest absolute Gasteiger partial charge is 0.342 e. The number of piperidine rings is 1. The van der Waals surface area contributed by atoms with E-state index in [1.165, 1.54) is 11.1 Å². The molecule has 0 bridgehead atoms. The summed E-state index contributed by atoms with van der Waals surface area (Å²) >= 11 is 0. The van der Waals surface area contributed by atoms with Gasteiger partial charge in [-0.15, -0.1) is 0 Å². The van der Waals surface area contributed by atoms with Crippen molar-refractivity contribution in [2.24, 2.45) is 11.1 Å². The number of anilines is 1. The number of fused-ring (bicyclic) bond motifs is 2. The Morgan fingerprint density at radius 3 is 2.50 bits per heavy atom. The van der Waals surface area contributed by atoms with Gasteiger partial charge in [0.1, 0.15) is 5.39 Å². The summed E-state index contributed by atoms with van der Waals surface area (Å²) in [6.45, 7) is 5.79. The molecule has 1 aliphatic carbocycles. The Hall–Kier alpha value is -3.45. The maximum absolute atomic E-state index is 13.3. The molecule has 1 saturated heterocycles. The van der Waals surface area contributed by atoms with Gasteiger partial charge in [-0.1, -0.05) is 68.4 Å². The Morgan fingerprint density at radius 1 is 1.06 bits per heavy atom. The molecule has 0 amide bonds. The molecule has 174 valence electrons. The maximum atomic E-state index is 13.3. The highest BCUT2D eigenvalue weighted by atomic mass is 16.1. The van der Waals surface area contributed by atoms with Gasteiger partial charge in [0, 0.05) is 24.5 Å². The lowest BCUT2D eigenvalue weighted by Crippen LogP contribution is -2.45. The predicted octanol–water partition coefficient (Wildman–Crippen LogP) is 3.81. The minimum atomic E-state index is -0.430. The number of nitrogens with two attached hydrogens (primary N) is 1. The van der Waals surface area contributed by atoms with Crippen molar-refractivity contribution >= 4 is 17.0 Å². The second-order valence-electron chi connectivity index (χ2n) is 10.4. The van der Waals surface area contributed by atoms with E-state index < -0.39 is 5.41 Å². The zero-order chi connectivity index (χ0) is 23.5. The first kappa shape index (κ1) is 21.1. The lowest BCUT2D eigenvalue weighted by Gasteiger charge is -2.42. The summed E-state index contributed by atoms with van der Waals surface area (Å²) in [7, 11) is 0. The molecule has 1 fully saturated rings. The Kier molecular flexibility index (Phi) is 4.68. The number of hydrogen-bond donors (Lipinski definition) is 3. The fourth-order valence-corrected chi connectivity index (χ4v) is 5.99. The number of nitrogens with one attached hydrogen (secondary N) is 2. The molecule has 2 aromatic heterocycles. The van der Waals surface area contributed by atoms with Gasteiger partial charge < -0.3 is 10.6 Å². The molecule has 7 nitrogen and oxygen atoms in total. The molecule has 0 radical (unpaired) electrons. The van der Waals surface area contributed by atoms with Crippen LogP contribution in [0.5, 0.6) is 0 Å². The number of aromatic nitrogens is 4. The molecule has 2 aliphatic rings. The number of hydrogen-bond acceptors (Lipinski definition) is 5. The van der Waals surface area contributed by atoms with Crippen molar-refractivity contribution in [2.45, 2.75) is 44.6 Å². The molecule has 0 saturated carbocycles. The van der Waals surface area contributed by atoms with Gasteiger partial charge in [-0.3, -0.25) is 14.9 Å². The molecule has 7 heteroatoms. The fraction of sp³-hybridized carbons (Fsp3) is 0.370. The zero-order valence-corrected chi connectivity index (χ0v) is 19.6. The second kappa shape index (κ2) is 7.53. The van der Waals surface area contributed by atoms with Crippen LogP contribution in [0.2, 0.25) is 0 Å². The second-order valence-corrected chi connectivity index (χ2v) is 10.4. The van der Waals surface area contributed by atoms with E-state index >= 15 is 0 Å². The molecule has 4 aromatic rings. The van der Waals surface area contributed by atoms with Crippen LogP contribution in [0.4, 0.5) is 5.95 Å². The summed E-state index contributed by atoms with van der Waals surface area (Å²) in [4.78, 5) is 23.2. The van der Waals surface area contributed by atoms with Crippen molar-refractivity contribution in [3.05, 3.63) is 87.3 Å². The minimum absolute atomic E-state index is 0.0655. The summed E-state index contributed by atoms with van der Waals surface area (Å²) in [6, 6.07) is 18.7. The third-order valence-corrected chi connectivity index (χ3v) is 8.16. The van der Waals surface area contributed by atoms with Gasteiger partial charge in [0.2, 0.25) is 5.95 Å². The van der Waals surface area contributed by atoms with Crippen LogP contribution in [0.25, 0.3) is 11.0 Å². The summed E-state index contributed by atoms with van der Waals surface area (Å²) in [5.41, 5.74) is 11.2. The van der Waals surface area contributed by atoms with Crippen LogP contribution < -0.4 is 16.2 Å². The van der Waals surface area contributed by atoms with E-state index in [0.717, 1.165) is 37.9 Å². The van der Waals surface area contributed by atoms with Crippen LogP contribution in [0.3, 0.4) is 0 Å². The lowest BCUT2D eigenvalue weighted by atomic mass is 9.73. The Morgan fingerprint density at radius 2 is 1.76 bits per heavy atom. The first-order valence-electron chi connectivity index (χ1n) is 12.0. The molecule has 4 N–H and O–H groups in total. The van der Waals surface area contributed by atoms with Crippen LogP contribution in [0.15, 0.2) is 59.4 Å². The van der Waals surface area contributed by atoms with E-state index in [0.29, 0.717) is 22.7 Å². The summed E-state index contributed by atoms with van der Waals surface area (Å²) < 4.78 is 0. The number of aromatic amines is 2. The first-order valence-corrected chi connectivity index (χ1v) is 12.0. The van der Waals surface area contributed by atoms with E-state index in [9.17, 15) is 4.79 Å². The molecule has 2 aromatic carbocycles. The quantitative estimate of drug-likeness (QED) is 0.437. The summed E-state index contributed by atoms with van der Waals surface area (Å²) in [5.74, 6) is 0.601. The molecular weight excluding hydrogens is 424 g/mol. The van der Waals surface area contributed by atoms with Gasteiger partial charge in [-0.05, 0) is 41.4 Å². The van der Waals surface area contributed by atoms with Gasteiger partial charge in [-0.25, -0.2) is 0 Å². The highest BCUT2D eigenvalue weighted by Crippen LogP contribution is 2.50. The van der Waals surface area contributed by atoms with Gasteiger partial charge in [0.05, 0.1) is 5.69 Å². The Bertz CT molecular complexity index is 1410. The number of rotatable bonds is 3. The monoisotopic (exact) mass is 454 g/mol. The highest BCUT2D eigenvalue weighted by Gasteiger charge is 2.46. The van der Waals surface area contributed by atoms with Crippen molar-refractivity contribution in [1.82, 2.24) is 20.2 Å². The molecule has 1 aliphatic heterocycles. The van der Waals surface area contributed by atoms with Crippen LogP contribution in [-0.2, 0) is 11.8 Å². The van der Waals surface area contributed by atoms with E-state index in [1.54, 1.807) is 0 Å². The fourth-order valence-electron chi connectivity index (χ4n) is 5.99. The maximum Gasteiger partial charge on any atom is 0.263 e. The molecule has 34 heavy (non-hydrogen) atoms. The molecule has 1 atom stereocenters. The van der Waals surface area contributed by atoms with E-state index in [1.807, 2.05) is 18.2 Å². The first-order chi connectivity index (χ1) is 16.4. The normalized spacial score (nSPS) is 19.6. The van der Waals surface area contributed by atoms with Crippen molar-refractivity contribution in [1.29, 1.82) is 0 Å². The third-order valence-electron chi connectivity index (χ3n) is 8.16. The smallest absolute Gasteiger partial charge is 0.263 e. The molecule has 1 spiro atoms. The van der Waals surface area contributed by atoms with Gasteiger partial charge in [-0.2, -0.15) is 10.1 Å². The van der Waals surface area contributed by atoms with E-state index in [2.05, 4.69) is 70.3 Å². The van der Waals surface area contributed by atoms with Gasteiger partial charge in [0.25, 0.3) is 5.56 Å². The van der Waals surface area contributed by atoms with Crippen LogP contribution in [0, 0.1) is 5.41 Å². The molecule has 6 rings (SSSR count). The molecular formula is C27H30N6O. The third kappa shape index (κ3) is 3.10. The minimum Gasteiger partial charge on any atom is -0.342 e. The predicted molar refractivity (Wildman–Crippen MR) is 134 cm³/mol. The SMILES string of the molecule is CC(C)(c1ccccc1)c1n[nH]c2nc(N3CCC4(CC3)Cc3ccccc3[C@H]4N)[nH]c(=O)c12. The standard InChI is InChI=1S/C27H30N6O/c1-26(2,18-9-4-3-5-10-18)22-20-23(32-31-22)29-25(30-24(20)34)33-14-12-27(13-15-33)16-17-8-6-7-11-19(17)21(27)28/h3-11,21H,12-16,28H2,1-2H3,(H2,29,30,31,32,34)/t21-/m1/s1. The average Bonchev–Trinajstić information content (AvgIpc) is 3.41. The topological polar surface area (TPSA) is 104 Å². The Labute approximate surface area is 198 Å². The van der Waals surface area contributed by atoms with Crippen LogP contribution in [-0.4, -0.2) is 33.3 Å². The van der Waals surface area contributed by atoms with Gasteiger partial charge >= 0.3 is 0 Å². The number of nitrogens with zero attached hydrogens (tertiary/aromatic N) is 3. The summed E-state index contributed by atoms with van der Waals surface area (Å²) in [5, 5.41) is 8.09. The van der Waals surface area contributed by atoms with Crippen molar-refractivity contribution < 1.29 is 0 Å². The average molecular weight is 455 g/mol. The van der Waals surface area contributed by atoms with Crippen molar-refractivity contribution in [3.8, 4) is 0 Å². The Balaban J connectivity index is 1.28. The molecule has 0 unspecified atom stereocenters. The molecule has 3 heterocycles. The van der Waals surface area contributed by atoms with Crippen molar-refractivity contribution in [3.63, 3.8) is 0 Å². The summed E-state index contributed by atoms with van der Waals surface area (Å²) in [6.07, 6.45) is 2.97.